The molecule has 0 N–H and O–H groups in total. The molecule has 0 saturated carbocycles. The van der Waals surface area contributed by atoms with E-state index >= 15 is 0 Å². The van der Waals surface area contributed by atoms with Crippen molar-refractivity contribution in [1.82, 2.24) is 0 Å². The molecule has 1 aliphatic heterocycles. The number of hydrogen-bond donors (Lipinski definition) is 0. The zero-order chi connectivity index (χ0) is 14.3. The maximum absolute atomic E-state index is 12.3. The molecule has 2 aromatic rings. The van der Waals surface area contributed by atoms with Gasteiger partial charge in [-0.2, -0.15) is 0 Å². The molecule has 0 amide bonds. The van der Waals surface area contributed by atoms with E-state index in [1.807, 2.05) is 28.7 Å². The van der Waals surface area contributed by atoms with Crippen molar-refractivity contribution in [2.75, 3.05) is 0 Å². The first-order valence-electron chi connectivity index (χ1n) is 5.58. The molecular formula is C14H6I2O4. The summed E-state index contributed by atoms with van der Waals surface area (Å²) in [5.74, 6) is -0.623. The molecule has 20 heavy (non-hydrogen) atoms. The van der Waals surface area contributed by atoms with Crippen molar-refractivity contribution in [2.24, 2.45) is 0 Å². The molecule has 0 fully saturated rings. The maximum Gasteiger partial charge on any atom is 0.345 e. The van der Waals surface area contributed by atoms with Gasteiger partial charge in [0.1, 0.15) is 0 Å². The van der Waals surface area contributed by atoms with Crippen LogP contribution in [0.3, 0.4) is 0 Å². The second kappa shape index (κ2) is 5.32. The Morgan fingerprint density at radius 2 is 1.45 bits per heavy atom. The lowest BCUT2D eigenvalue weighted by Gasteiger charge is -2.17. The minimum Gasteiger partial charge on any atom is -0.419 e. The zero-order valence-electron chi connectivity index (χ0n) is 9.85. The minimum atomic E-state index is -0.555. The van der Waals surface area contributed by atoms with Gasteiger partial charge in [0.25, 0.3) is 0 Å². The van der Waals surface area contributed by atoms with E-state index in [2.05, 4.69) is 22.6 Å². The highest BCUT2D eigenvalue weighted by Gasteiger charge is 2.28. The van der Waals surface area contributed by atoms with Crippen LogP contribution in [-0.4, -0.2) is 11.9 Å². The van der Waals surface area contributed by atoms with E-state index in [9.17, 15) is 9.59 Å². The average Bonchev–Trinajstić information content (AvgIpc) is 2.38. The summed E-state index contributed by atoms with van der Waals surface area (Å²) >= 11 is 4.10. The van der Waals surface area contributed by atoms with Gasteiger partial charge >= 0.3 is 11.9 Å². The number of fused-ring (bicyclic) bond motifs is 2. The molecule has 4 nitrogen and oxygen atoms in total. The standard InChI is InChI=1S/C14H6I2O4/c15-7-5-8-12(9(16)6-7)14(18)20-11-4-2-1-3-10(11)19-13(8)17/h1-6H. The molecule has 1 aliphatic rings. The van der Waals surface area contributed by atoms with Gasteiger partial charge in [0.15, 0.2) is 11.5 Å². The van der Waals surface area contributed by atoms with E-state index in [4.69, 9.17) is 9.47 Å². The fourth-order valence-electron chi connectivity index (χ4n) is 1.87. The molecule has 0 atom stereocenters. The van der Waals surface area contributed by atoms with E-state index in [1.165, 1.54) is 0 Å². The first kappa shape index (κ1) is 13.8. The number of benzene rings is 2. The summed E-state index contributed by atoms with van der Waals surface area (Å²) in [6.45, 7) is 0. The summed E-state index contributed by atoms with van der Waals surface area (Å²) in [7, 11) is 0. The van der Waals surface area contributed by atoms with Gasteiger partial charge in [0.2, 0.25) is 0 Å². The van der Waals surface area contributed by atoms with E-state index in [-0.39, 0.29) is 22.6 Å². The lowest BCUT2D eigenvalue weighted by molar-refractivity contribution is 0.0647. The van der Waals surface area contributed by atoms with Crippen LogP contribution in [0.5, 0.6) is 11.5 Å². The number of ether oxygens (including phenoxy) is 2. The number of hydrogen-bond acceptors (Lipinski definition) is 4. The second-order valence-electron chi connectivity index (χ2n) is 4.04. The van der Waals surface area contributed by atoms with Gasteiger partial charge in [-0.1, -0.05) is 12.1 Å². The third-order valence-corrected chi connectivity index (χ3v) is 4.21. The van der Waals surface area contributed by atoms with Crippen molar-refractivity contribution in [3.8, 4) is 11.5 Å². The van der Waals surface area contributed by atoms with Gasteiger partial charge in [-0.25, -0.2) is 9.59 Å². The number of carbonyl (C=O) groups excluding carboxylic acids is 2. The Labute approximate surface area is 141 Å². The topological polar surface area (TPSA) is 52.6 Å². The molecule has 0 aromatic heterocycles. The third kappa shape index (κ3) is 2.41. The van der Waals surface area contributed by atoms with E-state index in [0.717, 1.165) is 3.57 Å². The number of rotatable bonds is 0. The number of esters is 2. The van der Waals surface area contributed by atoms with Gasteiger partial charge in [0.05, 0.1) is 11.1 Å². The highest BCUT2D eigenvalue weighted by molar-refractivity contribution is 14.1. The highest BCUT2D eigenvalue weighted by Crippen LogP contribution is 2.32. The largest absolute Gasteiger partial charge is 0.419 e. The molecule has 0 spiro atoms. The van der Waals surface area contributed by atoms with Crippen molar-refractivity contribution in [1.29, 1.82) is 0 Å². The van der Waals surface area contributed by atoms with Crippen LogP contribution in [0, 0.1) is 7.14 Å². The molecule has 6 heteroatoms. The van der Waals surface area contributed by atoms with Crippen molar-refractivity contribution >= 4 is 57.1 Å². The molecule has 0 aliphatic carbocycles. The fourth-order valence-corrected chi connectivity index (χ4v) is 3.93. The number of para-hydroxylation sites is 2. The minimum absolute atomic E-state index is 0.223. The number of carbonyl (C=O) groups is 2. The summed E-state index contributed by atoms with van der Waals surface area (Å²) < 4.78 is 12.1. The van der Waals surface area contributed by atoms with Gasteiger partial charge < -0.3 is 9.47 Å². The summed E-state index contributed by atoms with van der Waals surface area (Å²) in [5.41, 5.74) is 0.464. The molecular weight excluding hydrogens is 486 g/mol. The van der Waals surface area contributed by atoms with Crippen molar-refractivity contribution in [3.05, 3.63) is 54.7 Å². The average molecular weight is 492 g/mol. The lowest BCUT2D eigenvalue weighted by atomic mass is 10.1. The van der Waals surface area contributed by atoms with Crippen molar-refractivity contribution < 1.29 is 19.1 Å². The van der Waals surface area contributed by atoms with Crippen LogP contribution in [0.1, 0.15) is 20.7 Å². The van der Waals surface area contributed by atoms with Crippen LogP contribution in [0.4, 0.5) is 0 Å². The Morgan fingerprint density at radius 3 is 2.10 bits per heavy atom. The van der Waals surface area contributed by atoms with Crippen LogP contribution in [-0.2, 0) is 0 Å². The Balaban J connectivity index is 2.21. The Bertz CT molecular complexity index is 740. The van der Waals surface area contributed by atoms with Gasteiger partial charge in [-0.05, 0) is 69.4 Å². The van der Waals surface area contributed by atoms with Crippen molar-refractivity contribution in [3.63, 3.8) is 0 Å². The Morgan fingerprint density at radius 1 is 0.850 bits per heavy atom. The molecule has 100 valence electrons. The van der Waals surface area contributed by atoms with Crippen LogP contribution in [0.25, 0.3) is 0 Å². The van der Waals surface area contributed by atoms with Crippen LogP contribution < -0.4 is 9.47 Å². The molecule has 3 rings (SSSR count). The summed E-state index contributed by atoms with van der Waals surface area (Å²) in [6.07, 6.45) is 0. The molecule has 2 aromatic carbocycles. The van der Waals surface area contributed by atoms with E-state index in [0.29, 0.717) is 3.57 Å². The first-order chi connectivity index (χ1) is 9.56. The van der Waals surface area contributed by atoms with Crippen molar-refractivity contribution in [2.45, 2.75) is 0 Å². The molecule has 0 unspecified atom stereocenters. The third-order valence-electron chi connectivity index (χ3n) is 2.73. The van der Waals surface area contributed by atoms with Gasteiger partial charge in [-0.3, -0.25) is 0 Å². The van der Waals surface area contributed by atoms with Crippen LogP contribution in [0.2, 0.25) is 0 Å². The quantitative estimate of drug-likeness (QED) is 0.321. The monoisotopic (exact) mass is 492 g/mol. The fraction of sp³-hybridized carbons (Fsp3) is 0. The lowest BCUT2D eigenvalue weighted by Crippen LogP contribution is -2.22. The summed E-state index contributed by atoms with van der Waals surface area (Å²) in [6, 6.07) is 10.0. The highest BCUT2D eigenvalue weighted by atomic mass is 127. The normalized spacial score (nSPS) is 13.5. The maximum atomic E-state index is 12.3. The molecule has 0 radical (unpaired) electrons. The van der Waals surface area contributed by atoms with Crippen LogP contribution in [0.15, 0.2) is 36.4 Å². The SMILES string of the molecule is O=C1Oc2ccccc2OC(=O)c2c(I)cc(I)cc21. The number of halogens is 2. The van der Waals surface area contributed by atoms with Crippen LogP contribution >= 0.6 is 45.2 Å². The van der Waals surface area contributed by atoms with Gasteiger partial charge in [-0.15, -0.1) is 0 Å². The summed E-state index contributed by atoms with van der Waals surface area (Å²) in [5, 5.41) is 0. The molecule has 0 bridgehead atoms. The predicted molar refractivity (Wildman–Crippen MR) is 88.2 cm³/mol. The van der Waals surface area contributed by atoms with E-state index < -0.39 is 11.9 Å². The predicted octanol–water partition coefficient (Wildman–Crippen LogP) is 3.65. The van der Waals surface area contributed by atoms with E-state index in [1.54, 1.807) is 30.3 Å². The zero-order valence-corrected chi connectivity index (χ0v) is 14.2. The Hall–Kier alpha value is -1.16. The summed E-state index contributed by atoms with van der Waals surface area (Å²) in [4.78, 5) is 24.5. The first-order valence-corrected chi connectivity index (χ1v) is 7.74. The molecule has 0 saturated heterocycles. The molecule has 1 heterocycles. The Kier molecular flexibility index (Phi) is 3.67. The second-order valence-corrected chi connectivity index (χ2v) is 6.44. The smallest absolute Gasteiger partial charge is 0.345 e. The van der Waals surface area contributed by atoms with Gasteiger partial charge in [0, 0.05) is 7.14 Å².